The zero-order valence-corrected chi connectivity index (χ0v) is 18.3. The number of benzene rings is 1. The van der Waals surface area contributed by atoms with Gasteiger partial charge in [-0.3, -0.25) is 0 Å². The largest absolute Gasteiger partial charge is 0.497 e. The molecule has 1 aromatic carbocycles. The van der Waals surface area contributed by atoms with Gasteiger partial charge in [-0.1, -0.05) is 24.8 Å². The van der Waals surface area contributed by atoms with Gasteiger partial charge in [0.25, 0.3) is 0 Å². The minimum absolute atomic E-state index is 0.715. The third kappa shape index (κ3) is 4.04. The SMILES string of the molecule is CCc1nc2c(N3CCOCC3)nc(SCc3ccc(OC)cc3C)nc2n1C. The molecule has 0 amide bonds. The van der Waals surface area contributed by atoms with Crippen LogP contribution in [0.15, 0.2) is 23.4 Å². The minimum atomic E-state index is 0.715. The molecule has 8 heteroatoms. The second-order valence-corrected chi connectivity index (χ2v) is 8.07. The number of fused-ring (bicyclic) bond motifs is 1. The van der Waals surface area contributed by atoms with Crippen LogP contribution in [0.2, 0.25) is 0 Å². The second kappa shape index (κ2) is 8.59. The normalized spacial score (nSPS) is 14.6. The molecule has 0 saturated carbocycles. The molecule has 4 rings (SSSR count). The van der Waals surface area contributed by atoms with E-state index < -0.39 is 0 Å². The maximum atomic E-state index is 5.52. The van der Waals surface area contributed by atoms with Gasteiger partial charge >= 0.3 is 0 Å². The lowest BCUT2D eigenvalue weighted by Gasteiger charge is -2.28. The number of morpholine rings is 1. The Balaban J connectivity index is 1.67. The van der Waals surface area contributed by atoms with Crippen LogP contribution in [0.25, 0.3) is 11.2 Å². The van der Waals surface area contributed by atoms with Gasteiger partial charge in [0, 0.05) is 32.3 Å². The fraction of sp³-hybridized carbons (Fsp3) is 0.476. The van der Waals surface area contributed by atoms with Gasteiger partial charge in [0.15, 0.2) is 22.1 Å². The van der Waals surface area contributed by atoms with Crippen LogP contribution in [0.3, 0.4) is 0 Å². The molecule has 29 heavy (non-hydrogen) atoms. The summed E-state index contributed by atoms with van der Waals surface area (Å²) in [6.45, 7) is 7.30. The van der Waals surface area contributed by atoms with Gasteiger partial charge in [-0.05, 0) is 30.2 Å². The van der Waals surface area contributed by atoms with Crippen LogP contribution in [0.1, 0.15) is 23.9 Å². The van der Waals surface area contributed by atoms with Crippen LogP contribution in [0.5, 0.6) is 5.75 Å². The second-order valence-electron chi connectivity index (χ2n) is 7.12. The monoisotopic (exact) mass is 413 g/mol. The average molecular weight is 414 g/mol. The van der Waals surface area contributed by atoms with E-state index in [9.17, 15) is 0 Å². The molecule has 3 heterocycles. The fourth-order valence-corrected chi connectivity index (χ4v) is 4.46. The van der Waals surface area contributed by atoms with E-state index in [2.05, 4.69) is 35.4 Å². The van der Waals surface area contributed by atoms with Crippen LogP contribution in [-0.4, -0.2) is 52.9 Å². The average Bonchev–Trinajstić information content (AvgIpc) is 3.08. The number of thioether (sulfide) groups is 1. The molecule has 1 saturated heterocycles. The van der Waals surface area contributed by atoms with Crippen molar-refractivity contribution in [2.45, 2.75) is 31.2 Å². The van der Waals surface area contributed by atoms with Crippen LogP contribution >= 0.6 is 11.8 Å². The van der Waals surface area contributed by atoms with E-state index in [0.29, 0.717) is 13.2 Å². The molecular formula is C21H27N5O2S. The number of nitrogens with zero attached hydrogens (tertiary/aromatic N) is 5. The van der Waals surface area contributed by atoms with Gasteiger partial charge in [0.05, 0.1) is 20.3 Å². The molecular weight excluding hydrogens is 386 g/mol. The van der Waals surface area contributed by atoms with Crippen LogP contribution < -0.4 is 9.64 Å². The van der Waals surface area contributed by atoms with Gasteiger partial charge < -0.3 is 18.9 Å². The van der Waals surface area contributed by atoms with Crippen LogP contribution in [-0.2, 0) is 24.0 Å². The standard InChI is InChI=1S/C21H27N5O2S/c1-5-17-22-18-19(25(17)3)23-21(24-20(18)26-8-10-28-11-9-26)29-13-15-6-7-16(27-4)12-14(15)2/h6-7,12H,5,8-11,13H2,1-4H3. The highest BCUT2D eigenvalue weighted by Gasteiger charge is 2.21. The van der Waals surface area contributed by atoms with Gasteiger partial charge in [-0.25, -0.2) is 15.0 Å². The number of hydrogen-bond donors (Lipinski definition) is 0. The Bertz CT molecular complexity index is 1010. The van der Waals surface area contributed by atoms with Crippen molar-refractivity contribution in [2.24, 2.45) is 7.05 Å². The fourth-order valence-electron chi connectivity index (χ4n) is 3.55. The van der Waals surface area contributed by atoms with Crippen molar-refractivity contribution in [2.75, 3.05) is 38.3 Å². The van der Waals surface area contributed by atoms with Crippen molar-refractivity contribution in [3.05, 3.63) is 35.2 Å². The zero-order chi connectivity index (χ0) is 20.4. The smallest absolute Gasteiger partial charge is 0.191 e. The summed E-state index contributed by atoms with van der Waals surface area (Å²) in [5.74, 6) is 3.63. The Labute approximate surface area is 175 Å². The van der Waals surface area contributed by atoms with Crippen molar-refractivity contribution < 1.29 is 9.47 Å². The molecule has 0 aliphatic carbocycles. The predicted molar refractivity (Wildman–Crippen MR) is 116 cm³/mol. The lowest BCUT2D eigenvalue weighted by Crippen LogP contribution is -2.37. The molecule has 1 fully saturated rings. The number of rotatable bonds is 6. The molecule has 0 spiro atoms. The summed E-state index contributed by atoms with van der Waals surface area (Å²) < 4.78 is 12.9. The summed E-state index contributed by atoms with van der Waals surface area (Å²) in [6.07, 6.45) is 0.864. The lowest BCUT2D eigenvalue weighted by molar-refractivity contribution is 0.122. The summed E-state index contributed by atoms with van der Waals surface area (Å²) in [5, 5.41) is 0.778. The molecule has 0 atom stereocenters. The number of aromatic nitrogens is 4. The highest BCUT2D eigenvalue weighted by molar-refractivity contribution is 7.98. The minimum Gasteiger partial charge on any atom is -0.497 e. The summed E-state index contributed by atoms with van der Waals surface area (Å²) in [4.78, 5) is 16.9. The van der Waals surface area contributed by atoms with E-state index in [0.717, 1.165) is 59.0 Å². The van der Waals surface area contributed by atoms with Gasteiger partial charge in [-0.2, -0.15) is 0 Å². The van der Waals surface area contributed by atoms with Crippen molar-refractivity contribution >= 4 is 28.7 Å². The molecule has 0 unspecified atom stereocenters. The molecule has 1 aliphatic heterocycles. The van der Waals surface area contributed by atoms with Gasteiger partial charge in [0.1, 0.15) is 11.6 Å². The number of hydrogen-bond acceptors (Lipinski definition) is 7. The van der Waals surface area contributed by atoms with Crippen molar-refractivity contribution in [3.8, 4) is 5.75 Å². The third-order valence-electron chi connectivity index (χ3n) is 5.31. The first-order valence-electron chi connectivity index (χ1n) is 9.93. The first kappa shape index (κ1) is 20.0. The number of methoxy groups -OCH3 is 1. The Hall–Kier alpha value is -2.32. The molecule has 3 aromatic rings. The van der Waals surface area contributed by atoms with Gasteiger partial charge in [0.2, 0.25) is 0 Å². The van der Waals surface area contributed by atoms with E-state index >= 15 is 0 Å². The predicted octanol–water partition coefficient (Wildman–Crippen LogP) is 3.37. The molecule has 0 bridgehead atoms. The maximum Gasteiger partial charge on any atom is 0.191 e. The molecule has 0 radical (unpaired) electrons. The van der Waals surface area contributed by atoms with E-state index in [-0.39, 0.29) is 0 Å². The number of anilines is 1. The molecule has 7 nitrogen and oxygen atoms in total. The topological polar surface area (TPSA) is 65.3 Å². The van der Waals surface area contributed by atoms with Crippen molar-refractivity contribution in [1.82, 2.24) is 19.5 Å². The maximum absolute atomic E-state index is 5.52. The molecule has 2 aromatic heterocycles. The molecule has 0 N–H and O–H groups in total. The van der Waals surface area contributed by atoms with E-state index in [1.165, 1.54) is 11.1 Å². The Morgan fingerprint density at radius 1 is 1.17 bits per heavy atom. The third-order valence-corrected chi connectivity index (χ3v) is 6.20. The van der Waals surface area contributed by atoms with Crippen molar-refractivity contribution in [3.63, 3.8) is 0 Å². The van der Waals surface area contributed by atoms with E-state index in [4.69, 9.17) is 24.4 Å². The van der Waals surface area contributed by atoms with Crippen LogP contribution in [0, 0.1) is 6.92 Å². The highest BCUT2D eigenvalue weighted by atomic mass is 32.2. The zero-order valence-electron chi connectivity index (χ0n) is 17.4. The first-order chi connectivity index (χ1) is 14.1. The quantitative estimate of drug-likeness (QED) is 0.453. The Morgan fingerprint density at radius 2 is 1.97 bits per heavy atom. The summed E-state index contributed by atoms with van der Waals surface area (Å²) >= 11 is 1.66. The van der Waals surface area contributed by atoms with Gasteiger partial charge in [-0.15, -0.1) is 0 Å². The van der Waals surface area contributed by atoms with Crippen molar-refractivity contribution in [1.29, 1.82) is 0 Å². The number of aryl methyl sites for hydroxylation is 3. The molecule has 1 aliphatic rings. The highest BCUT2D eigenvalue weighted by Crippen LogP contribution is 2.30. The summed E-state index contributed by atoms with van der Waals surface area (Å²) in [7, 11) is 3.73. The molecule has 154 valence electrons. The Kier molecular flexibility index (Phi) is 5.91. The number of imidazole rings is 1. The first-order valence-corrected chi connectivity index (χ1v) is 10.9. The summed E-state index contributed by atoms with van der Waals surface area (Å²) in [6, 6.07) is 6.18. The van der Waals surface area contributed by atoms with E-state index in [1.54, 1.807) is 18.9 Å². The number of ether oxygens (including phenoxy) is 2. The Morgan fingerprint density at radius 3 is 2.66 bits per heavy atom. The van der Waals surface area contributed by atoms with Crippen LogP contribution in [0.4, 0.5) is 5.82 Å². The van der Waals surface area contributed by atoms with E-state index in [1.807, 2.05) is 13.1 Å². The summed E-state index contributed by atoms with van der Waals surface area (Å²) in [5.41, 5.74) is 4.25. The lowest BCUT2D eigenvalue weighted by atomic mass is 10.1.